The average Bonchev–Trinajstić information content (AvgIpc) is 3.09. The van der Waals surface area contributed by atoms with Crippen LogP contribution in [0, 0.1) is 5.92 Å². The lowest BCUT2D eigenvalue weighted by Gasteiger charge is -2.40. The predicted molar refractivity (Wildman–Crippen MR) is 81.1 cm³/mol. The van der Waals surface area contributed by atoms with Crippen LogP contribution in [0.3, 0.4) is 0 Å². The van der Waals surface area contributed by atoms with Crippen molar-refractivity contribution in [2.75, 3.05) is 6.54 Å². The fourth-order valence-corrected chi connectivity index (χ4v) is 3.50. The Bertz CT molecular complexity index is 579. The van der Waals surface area contributed by atoms with Crippen molar-refractivity contribution in [3.8, 4) is 5.69 Å². The average molecular weight is 283 g/mol. The number of hydrogen-bond acceptors (Lipinski definition) is 3. The Labute approximate surface area is 125 Å². The largest absolute Gasteiger partial charge is 0.356 e. The van der Waals surface area contributed by atoms with Crippen LogP contribution in [0.2, 0.25) is 0 Å². The molecule has 2 fully saturated rings. The van der Waals surface area contributed by atoms with Crippen LogP contribution >= 0.6 is 0 Å². The van der Waals surface area contributed by atoms with Gasteiger partial charge >= 0.3 is 0 Å². The molecule has 3 atom stereocenters. The zero-order valence-electron chi connectivity index (χ0n) is 12.1. The van der Waals surface area contributed by atoms with Crippen molar-refractivity contribution in [1.29, 1.82) is 0 Å². The van der Waals surface area contributed by atoms with Crippen molar-refractivity contribution in [3.63, 3.8) is 0 Å². The van der Waals surface area contributed by atoms with Crippen molar-refractivity contribution in [2.24, 2.45) is 5.92 Å². The lowest BCUT2D eigenvalue weighted by Crippen LogP contribution is -2.45. The van der Waals surface area contributed by atoms with Gasteiger partial charge in [-0.05, 0) is 36.5 Å². The Morgan fingerprint density at radius 3 is 2.81 bits per heavy atom. The topological polar surface area (TPSA) is 39.1 Å². The van der Waals surface area contributed by atoms with E-state index in [0.717, 1.165) is 12.2 Å². The van der Waals surface area contributed by atoms with Crippen LogP contribution in [0.5, 0.6) is 0 Å². The van der Waals surface area contributed by atoms with Gasteiger partial charge in [0, 0.05) is 24.6 Å². The van der Waals surface area contributed by atoms with Crippen LogP contribution in [0.15, 0.2) is 43.0 Å². The Balaban J connectivity index is 1.49. The van der Waals surface area contributed by atoms with E-state index in [1.165, 1.54) is 31.2 Å². The van der Waals surface area contributed by atoms with E-state index in [0.29, 0.717) is 12.0 Å². The molecule has 1 N–H and O–H groups in total. The molecule has 1 saturated carbocycles. The number of nitrogens with zero attached hydrogens (tertiary/aromatic N) is 2. The third-order valence-corrected chi connectivity index (χ3v) is 4.71. The summed E-state index contributed by atoms with van der Waals surface area (Å²) in [7, 11) is 0. The van der Waals surface area contributed by atoms with Gasteiger partial charge in [-0.1, -0.05) is 25.0 Å². The standard InChI is InChI=1S/C17H21N3O/c1-2-4-16-14(3-1)11-19-17(21-16)13-5-7-15(8-6-13)20-10-9-18-12-20/h5-10,12,14,16-17,19H,1-4,11H2/t14-,16+,17-/m0/s1. The van der Waals surface area contributed by atoms with E-state index in [-0.39, 0.29) is 6.23 Å². The quantitative estimate of drug-likeness (QED) is 0.920. The van der Waals surface area contributed by atoms with Crippen LogP contribution < -0.4 is 5.32 Å². The Morgan fingerprint density at radius 2 is 2.00 bits per heavy atom. The minimum absolute atomic E-state index is 0.0428. The number of hydrogen-bond donors (Lipinski definition) is 1. The molecule has 1 aliphatic carbocycles. The summed E-state index contributed by atoms with van der Waals surface area (Å²) in [5, 5.41) is 3.55. The summed E-state index contributed by atoms with van der Waals surface area (Å²) in [5.41, 5.74) is 2.34. The fraction of sp³-hybridized carbons (Fsp3) is 0.471. The molecule has 2 aliphatic rings. The number of benzene rings is 1. The number of fused-ring (bicyclic) bond motifs is 1. The molecular formula is C17H21N3O. The molecule has 0 bridgehead atoms. The molecule has 1 saturated heterocycles. The molecule has 0 unspecified atom stereocenters. The molecule has 4 nitrogen and oxygen atoms in total. The zero-order valence-corrected chi connectivity index (χ0v) is 12.1. The van der Waals surface area contributed by atoms with Gasteiger partial charge in [0.25, 0.3) is 0 Å². The molecule has 21 heavy (non-hydrogen) atoms. The first-order chi connectivity index (χ1) is 10.4. The zero-order chi connectivity index (χ0) is 14.1. The molecule has 2 aromatic rings. The minimum atomic E-state index is 0.0428. The van der Waals surface area contributed by atoms with Gasteiger partial charge in [-0.25, -0.2) is 4.98 Å². The minimum Gasteiger partial charge on any atom is -0.356 e. The monoisotopic (exact) mass is 283 g/mol. The summed E-state index contributed by atoms with van der Waals surface area (Å²) >= 11 is 0. The normalized spacial score (nSPS) is 29.0. The molecule has 0 radical (unpaired) electrons. The highest BCUT2D eigenvalue weighted by molar-refractivity contribution is 5.35. The fourth-order valence-electron chi connectivity index (χ4n) is 3.50. The van der Waals surface area contributed by atoms with Crippen molar-refractivity contribution >= 4 is 0 Å². The van der Waals surface area contributed by atoms with E-state index < -0.39 is 0 Å². The highest BCUT2D eigenvalue weighted by atomic mass is 16.5. The predicted octanol–water partition coefficient (Wildman–Crippen LogP) is 3.05. The van der Waals surface area contributed by atoms with Gasteiger partial charge in [0.15, 0.2) is 0 Å². The number of rotatable bonds is 2. The van der Waals surface area contributed by atoms with Crippen LogP contribution in [0.4, 0.5) is 0 Å². The summed E-state index contributed by atoms with van der Waals surface area (Å²) in [4.78, 5) is 4.08. The maximum absolute atomic E-state index is 6.28. The third-order valence-electron chi connectivity index (χ3n) is 4.71. The highest BCUT2D eigenvalue weighted by Gasteiger charge is 2.33. The van der Waals surface area contributed by atoms with Gasteiger partial charge < -0.3 is 9.30 Å². The summed E-state index contributed by atoms with van der Waals surface area (Å²) in [6.45, 7) is 1.08. The maximum atomic E-state index is 6.28. The summed E-state index contributed by atoms with van der Waals surface area (Å²) < 4.78 is 8.29. The summed E-state index contributed by atoms with van der Waals surface area (Å²) in [5.74, 6) is 0.709. The SMILES string of the molecule is c1cn(-c2ccc([C@H]3NC[C@@H]4CCCC[C@H]4O3)cc2)cn1. The number of imidazole rings is 1. The van der Waals surface area contributed by atoms with E-state index >= 15 is 0 Å². The smallest absolute Gasteiger partial charge is 0.134 e. The number of nitrogens with one attached hydrogen (secondary N) is 1. The van der Waals surface area contributed by atoms with Gasteiger partial charge in [0.05, 0.1) is 12.4 Å². The highest BCUT2D eigenvalue weighted by Crippen LogP contribution is 2.33. The third kappa shape index (κ3) is 2.61. The second kappa shape index (κ2) is 5.62. The van der Waals surface area contributed by atoms with Gasteiger partial charge in [-0.15, -0.1) is 0 Å². The maximum Gasteiger partial charge on any atom is 0.134 e. The van der Waals surface area contributed by atoms with Crippen LogP contribution in [-0.2, 0) is 4.74 Å². The molecule has 0 spiro atoms. The second-order valence-corrected chi connectivity index (χ2v) is 6.07. The van der Waals surface area contributed by atoms with Crippen LogP contribution in [0.25, 0.3) is 5.69 Å². The Hall–Kier alpha value is -1.65. The van der Waals surface area contributed by atoms with E-state index in [9.17, 15) is 0 Å². The first-order valence-electron chi connectivity index (χ1n) is 7.87. The number of ether oxygens (including phenoxy) is 1. The first kappa shape index (κ1) is 13.0. The van der Waals surface area contributed by atoms with Gasteiger partial charge in [0.2, 0.25) is 0 Å². The van der Waals surface area contributed by atoms with Gasteiger partial charge in [-0.2, -0.15) is 0 Å². The van der Waals surface area contributed by atoms with Gasteiger partial charge in [-0.3, -0.25) is 5.32 Å². The van der Waals surface area contributed by atoms with Crippen molar-refractivity contribution in [3.05, 3.63) is 48.5 Å². The molecule has 2 heterocycles. The first-order valence-corrected chi connectivity index (χ1v) is 7.87. The summed E-state index contributed by atoms with van der Waals surface area (Å²) in [6.07, 6.45) is 11.3. The van der Waals surface area contributed by atoms with E-state index in [2.05, 4.69) is 34.6 Å². The molecule has 1 aromatic carbocycles. The lowest BCUT2D eigenvalue weighted by molar-refractivity contribution is -0.109. The second-order valence-electron chi connectivity index (χ2n) is 6.07. The molecule has 110 valence electrons. The molecule has 1 aliphatic heterocycles. The molecule has 0 amide bonds. The summed E-state index contributed by atoms with van der Waals surface area (Å²) in [6, 6.07) is 8.54. The van der Waals surface area contributed by atoms with Crippen molar-refractivity contribution in [1.82, 2.24) is 14.9 Å². The molecular weight excluding hydrogens is 262 g/mol. The number of aromatic nitrogens is 2. The lowest BCUT2D eigenvalue weighted by atomic mass is 9.85. The molecule has 4 rings (SSSR count). The van der Waals surface area contributed by atoms with Crippen molar-refractivity contribution < 1.29 is 4.74 Å². The van der Waals surface area contributed by atoms with Crippen LogP contribution in [-0.4, -0.2) is 22.2 Å². The molecule has 1 aromatic heterocycles. The molecule has 4 heteroatoms. The van der Waals surface area contributed by atoms with Crippen molar-refractivity contribution in [2.45, 2.75) is 38.0 Å². The van der Waals surface area contributed by atoms with Crippen LogP contribution in [0.1, 0.15) is 37.5 Å². The Kier molecular flexibility index (Phi) is 3.49. The van der Waals surface area contributed by atoms with E-state index in [1.54, 1.807) is 6.20 Å². The van der Waals surface area contributed by atoms with E-state index in [1.807, 2.05) is 17.1 Å². The Morgan fingerprint density at radius 1 is 1.14 bits per heavy atom. The van der Waals surface area contributed by atoms with E-state index in [4.69, 9.17) is 4.74 Å². The van der Waals surface area contributed by atoms with Gasteiger partial charge in [0.1, 0.15) is 6.23 Å².